The highest BCUT2D eigenvalue weighted by Gasteiger charge is 2.45. The third-order valence-corrected chi connectivity index (χ3v) is 4.13. The van der Waals surface area contributed by atoms with Gasteiger partial charge in [-0.2, -0.15) is 0 Å². The van der Waals surface area contributed by atoms with Crippen LogP contribution in [0.15, 0.2) is 18.5 Å². The summed E-state index contributed by atoms with van der Waals surface area (Å²) >= 11 is 0. The van der Waals surface area contributed by atoms with Crippen molar-refractivity contribution in [3.05, 3.63) is 24.0 Å². The zero-order valence-corrected chi connectivity index (χ0v) is 13.6. The van der Waals surface area contributed by atoms with E-state index in [0.29, 0.717) is 17.7 Å². The van der Waals surface area contributed by atoms with E-state index in [-0.39, 0.29) is 11.8 Å². The summed E-state index contributed by atoms with van der Waals surface area (Å²) < 4.78 is 10.8. The first-order valence-electron chi connectivity index (χ1n) is 7.19. The molecule has 1 aromatic heterocycles. The van der Waals surface area contributed by atoms with E-state index in [1.807, 2.05) is 13.8 Å². The highest BCUT2D eigenvalue weighted by atomic mass is 16.5. The standard InChI is InChI=1S/C16H22N2O4/c1-16(2)11(8-12(18(3)4)15(20)21-5)14(19)10-6-7-17-9-13(10)22-16/h6-7,9,11-12H,8H2,1-5H3. The zero-order chi connectivity index (χ0) is 16.5. The first-order chi connectivity index (χ1) is 10.3. The second-order valence-corrected chi connectivity index (χ2v) is 6.23. The molecule has 22 heavy (non-hydrogen) atoms. The molecule has 1 aromatic rings. The van der Waals surface area contributed by atoms with E-state index in [9.17, 15) is 9.59 Å². The number of likely N-dealkylation sites (N-methyl/N-ethyl adjacent to an activating group) is 1. The van der Waals surface area contributed by atoms with Crippen LogP contribution in [0.4, 0.5) is 0 Å². The van der Waals surface area contributed by atoms with E-state index < -0.39 is 17.6 Å². The van der Waals surface area contributed by atoms with Crippen molar-refractivity contribution in [3.63, 3.8) is 0 Å². The normalized spacial score (nSPS) is 21.0. The molecule has 0 saturated heterocycles. The highest BCUT2D eigenvalue weighted by molar-refractivity contribution is 6.02. The number of hydrogen-bond donors (Lipinski definition) is 0. The fourth-order valence-electron chi connectivity index (χ4n) is 2.79. The van der Waals surface area contributed by atoms with Crippen molar-refractivity contribution in [1.29, 1.82) is 0 Å². The molecule has 0 radical (unpaired) electrons. The number of fused-ring (bicyclic) bond motifs is 1. The molecule has 0 aliphatic carbocycles. The SMILES string of the molecule is COC(=O)C(CC1C(=O)c2ccncc2OC1(C)C)N(C)C. The quantitative estimate of drug-likeness (QED) is 0.786. The number of esters is 1. The fourth-order valence-corrected chi connectivity index (χ4v) is 2.79. The van der Waals surface area contributed by atoms with Gasteiger partial charge in [0.1, 0.15) is 17.4 Å². The van der Waals surface area contributed by atoms with Crippen LogP contribution in [0.1, 0.15) is 30.6 Å². The maximum absolute atomic E-state index is 12.8. The van der Waals surface area contributed by atoms with E-state index in [4.69, 9.17) is 9.47 Å². The summed E-state index contributed by atoms with van der Waals surface area (Å²) in [4.78, 5) is 30.5. The van der Waals surface area contributed by atoms with E-state index in [0.717, 1.165) is 0 Å². The van der Waals surface area contributed by atoms with E-state index >= 15 is 0 Å². The average molecular weight is 306 g/mol. The minimum absolute atomic E-state index is 0.0237. The van der Waals surface area contributed by atoms with Crippen LogP contribution in [0.3, 0.4) is 0 Å². The van der Waals surface area contributed by atoms with Crippen molar-refractivity contribution in [2.75, 3.05) is 21.2 Å². The molecule has 120 valence electrons. The number of pyridine rings is 1. The number of nitrogens with zero attached hydrogens (tertiary/aromatic N) is 2. The smallest absolute Gasteiger partial charge is 0.323 e. The number of methoxy groups -OCH3 is 1. The molecule has 2 unspecified atom stereocenters. The Bertz CT molecular complexity index is 583. The Morgan fingerprint density at radius 3 is 2.77 bits per heavy atom. The first kappa shape index (κ1) is 16.4. The van der Waals surface area contributed by atoms with Gasteiger partial charge in [-0.15, -0.1) is 0 Å². The summed E-state index contributed by atoms with van der Waals surface area (Å²) in [7, 11) is 4.94. The third kappa shape index (κ3) is 2.97. The summed E-state index contributed by atoms with van der Waals surface area (Å²) in [5.74, 6) is -0.319. The molecule has 2 atom stereocenters. The number of Topliss-reactive ketones (excluding diaryl/α,β-unsaturated/α-hetero) is 1. The van der Waals surface area contributed by atoms with Crippen LogP contribution in [0.2, 0.25) is 0 Å². The molecule has 2 rings (SSSR count). The second-order valence-electron chi connectivity index (χ2n) is 6.23. The van der Waals surface area contributed by atoms with Crippen LogP contribution >= 0.6 is 0 Å². The lowest BCUT2D eigenvalue weighted by molar-refractivity contribution is -0.147. The lowest BCUT2D eigenvalue weighted by Crippen LogP contribution is -2.50. The zero-order valence-electron chi connectivity index (χ0n) is 13.6. The molecule has 0 fully saturated rings. The Morgan fingerprint density at radius 2 is 2.18 bits per heavy atom. The van der Waals surface area contributed by atoms with Gasteiger partial charge in [-0.05, 0) is 40.4 Å². The van der Waals surface area contributed by atoms with Crippen molar-refractivity contribution < 1.29 is 19.1 Å². The molecule has 0 amide bonds. The van der Waals surface area contributed by atoms with Gasteiger partial charge in [0.2, 0.25) is 0 Å². The van der Waals surface area contributed by atoms with Gasteiger partial charge in [-0.3, -0.25) is 19.5 Å². The van der Waals surface area contributed by atoms with Crippen molar-refractivity contribution in [2.45, 2.75) is 31.9 Å². The highest BCUT2D eigenvalue weighted by Crippen LogP contribution is 2.38. The summed E-state index contributed by atoms with van der Waals surface area (Å²) in [6.45, 7) is 3.71. The van der Waals surface area contributed by atoms with Crippen molar-refractivity contribution in [3.8, 4) is 5.75 Å². The molecule has 2 heterocycles. The largest absolute Gasteiger partial charge is 0.485 e. The van der Waals surface area contributed by atoms with Crippen LogP contribution in [-0.4, -0.2) is 54.5 Å². The van der Waals surface area contributed by atoms with Gasteiger partial charge in [0.05, 0.1) is 24.8 Å². The van der Waals surface area contributed by atoms with Gasteiger partial charge >= 0.3 is 5.97 Å². The molecule has 1 aliphatic heterocycles. The monoisotopic (exact) mass is 306 g/mol. The maximum Gasteiger partial charge on any atom is 0.323 e. The lowest BCUT2D eigenvalue weighted by Gasteiger charge is -2.40. The van der Waals surface area contributed by atoms with Crippen molar-refractivity contribution in [2.24, 2.45) is 5.92 Å². The Morgan fingerprint density at radius 1 is 1.50 bits per heavy atom. The van der Waals surface area contributed by atoms with E-state index in [1.165, 1.54) is 7.11 Å². The van der Waals surface area contributed by atoms with Gasteiger partial charge in [-0.1, -0.05) is 0 Å². The molecule has 0 bridgehead atoms. The van der Waals surface area contributed by atoms with Crippen LogP contribution in [0.25, 0.3) is 0 Å². The number of ether oxygens (including phenoxy) is 2. The van der Waals surface area contributed by atoms with Gasteiger partial charge in [0.25, 0.3) is 0 Å². The molecule has 6 heteroatoms. The van der Waals surface area contributed by atoms with E-state index in [1.54, 1.807) is 37.5 Å². The predicted octanol–water partition coefficient (Wildman–Crippen LogP) is 1.54. The van der Waals surface area contributed by atoms with Gasteiger partial charge in [0.15, 0.2) is 5.78 Å². The molecule has 1 aliphatic rings. The van der Waals surface area contributed by atoms with Crippen molar-refractivity contribution in [1.82, 2.24) is 9.88 Å². The molecule has 0 N–H and O–H groups in total. The molecule has 0 spiro atoms. The third-order valence-electron chi connectivity index (χ3n) is 4.13. The van der Waals surface area contributed by atoms with Crippen LogP contribution < -0.4 is 4.74 Å². The predicted molar refractivity (Wildman–Crippen MR) is 80.9 cm³/mol. The summed E-state index contributed by atoms with van der Waals surface area (Å²) in [5.41, 5.74) is -0.197. The Balaban J connectivity index is 2.33. The van der Waals surface area contributed by atoms with Gasteiger partial charge < -0.3 is 9.47 Å². The van der Waals surface area contributed by atoms with E-state index in [2.05, 4.69) is 4.98 Å². The molecule has 6 nitrogen and oxygen atoms in total. The van der Waals surface area contributed by atoms with Gasteiger partial charge in [0, 0.05) is 6.20 Å². The summed E-state index contributed by atoms with van der Waals surface area (Å²) in [6, 6.07) is 1.16. The van der Waals surface area contributed by atoms with Crippen LogP contribution in [0, 0.1) is 5.92 Å². The Hall–Kier alpha value is -1.95. The van der Waals surface area contributed by atoms with Crippen LogP contribution in [-0.2, 0) is 9.53 Å². The average Bonchev–Trinajstić information content (AvgIpc) is 2.45. The fraction of sp³-hybridized carbons (Fsp3) is 0.562. The number of ketones is 1. The molecular formula is C16H22N2O4. The van der Waals surface area contributed by atoms with Crippen LogP contribution in [0.5, 0.6) is 5.75 Å². The van der Waals surface area contributed by atoms with Crippen molar-refractivity contribution >= 4 is 11.8 Å². The number of carbonyl (C=O) groups excluding carboxylic acids is 2. The second kappa shape index (κ2) is 6.04. The molecular weight excluding hydrogens is 284 g/mol. The minimum Gasteiger partial charge on any atom is -0.485 e. The molecule has 0 aromatic carbocycles. The number of aromatic nitrogens is 1. The topological polar surface area (TPSA) is 68.7 Å². The summed E-state index contributed by atoms with van der Waals surface area (Å²) in [6.07, 6.45) is 3.46. The van der Waals surface area contributed by atoms with Gasteiger partial charge in [-0.25, -0.2) is 0 Å². The number of carbonyl (C=O) groups is 2. The molecule has 0 saturated carbocycles. The maximum atomic E-state index is 12.8. The minimum atomic E-state index is -0.713. The Labute approximate surface area is 130 Å². The number of hydrogen-bond acceptors (Lipinski definition) is 6. The lowest BCUT2D eigenvalue weighted by atomic mass is 9.77. The summed E-state index contributed by atoms with van der Waals surface area (Å²) in [5, 5.41) is 0. The Kier molecular flexibility index (Phi) is 4.51. The first-order valence-corrected chi connectivity index (χ1v) is 7.19. The number of rotatable bonds is 4.